The van der Waals surface area contributed by atoms with Gasteiger partial charge in [-0.15, -0.1) is 4.40 Å². The molecule has 1 aromatic rings. The Morgan fingerprint density at radius 1 is 1.14 bits per heavy atom. The third-order valence-electron chi connectivity index (χ3n) is 5.14. The number of piperidine rings is 1. The molecule has 0 radical (unpaired) electrons. The van der Waals surface area contributed by atoms with Crippen LogP contribution in [0.15, 0.2) is 34.4 Å². The van der Waals surface area contributed by atoms with Crippen molar-refractivity contribution in [1.29, 1.82) is 0 Å². The average Bonchev–Trinajstić information content (AvgIpc) is 2.69. The van der Waals surface area contributed by atoms with Crippen LogP contribution in [0.25, 0.3) is 0 Å². The minimum atomic E-state index is -4.00. The van der Waals surface area contributed by atoms with E-state index in [1.807, 2.05) is 0 Å². The summed E-state index contributed by atoms with van der Waals surface area (Å²) in [4.78, 5) is 14.7. The molecule has 9 heteroatoms. The van der Waals surface area contributed by atoms with Crippen LogP contribution in [0, 0.1) is 5.92 Å². The first-order chi connectivity index (χ1) is 13.3. The maximum atomic E-state index is 13.0. The third kappa shape index (κ3) is 3.84. The lowest BCUT2D eigenvalue weighted by atomic mass is 9.99. The number of amides is 1. The van der Waals surface area contributed by atoms with Gasteiger partial charge in [0.15, 0.2) is 11.5 Å². The lowest BCUT2D eigenvalue weighted by molar-refractivity contribution is -0.129. The number of likely N-dealkylation sites (tertiary alicyclic amines) is 1. The summed E-state index contributed by atoms with van der Waals surface area (Å²) in [6, 6.07) is 4.99. The van der Waals surface area contributed by atoms with E-state index in [0.717, 1.165) is 17.1 Å². The molecule has 0 aliphatic carbocycles. The minimum absolute atomic E-state index is 0.0920. The third-order valence-corrected chi connectivity index (χ3v) is 6.46. The van der Waals surface area contributed by atoms with Crippen LogP contribution in [0.1, 0.15) is 25.3 Å². The smallest absolute Gasteiger partial charge is 0.345 e. The SMILES string of the molecule is COc1ccc(C2=NS(=O)(=O)N(C)C(C(=O)N3CCC(C)CC3)=C2)cc1OC. The second-order valence-corrected chi connectivity index (χ2v) is 8.62. The van der Waals surface area contributed by atoms with Gasteiger partial charge < -0.3 is 14.4 Å². The number of ether oxygens (including phenoxy) is 2. The number of benzene rings is 1. The first kappa shape index (κ1) is 20.2. The Labute approximate surface area is 165 Å². The van der Waals surface area contributed by atoms with Gasteiger partial charge in [0.25, 0.3) is 5.91 Å². The van der Waals surface area contributed by atoms with Gasteiger partial charge in [0, 0.05) is 25.7 Å². The van der Waals surface area contributed by atoms with Gasteiger partial charge >= 0.3 is 10.2 Å². The Morgan fingerprint density at radius 3 is 2.39 bits per heavy atom. The first-order valence-corrected chi connectivity index (χ1v) is 10.5. The van der Waals surface area contributed by atoms with Crippen molar-refractivity contribution in [3.63, 3.8) is 0 Å². The highest BCUT2D eigenvalue weighted by Crippen LogP contribution is 2.30. The van der Waals surface area contributed by atoms with Crippen LogP contribution >= 0.6 is 0 Å². The Morgan fingerprint density at radius 2 is 1.79 bits per heavy atom. The molecule has 152 valence electrons. The van der Waals surface area contributed by atoms with Crippen molar-refractivity contribution in [3.05, 3.63) is 35.5 Å². The lowest BCUT2D eigenvalue weighted by Gasteiger charge is -2.33. The highest BCUT2D eigenvalue weighted by molar-refractivity contribution is 7.88. The summed E-state index contributed by atoms with van der Waals surface area (Å²) in [5.41, 5.74) is 0.800. The zero-order chi connectivity index (χ0) is 20.5. The number of hydrogen-bond donors (Lipinski definition) is 0. The Bertz CT molecular complexity index is 931. The summed E-state index contributed by atoms with van der Waals surface area (Å²) >= 11 is 0. The molecule has 8 nitrogen and oxygen atoms in total. The maximum Gasteiger partial charge on any atom is 0.345 e. The molecule has 1 amide bonds. The van der Waals surface area contributed by atoms with Crippen LogP contribution in [0.4, 0.5) is 0 Å². The van der Waals surface area contributed by atoms with Gasteiger partial charge in [0.1, 0.15) is 5.70 Å². The van der Waals surface area contributed by atoms with Gasteiger partial charge in [-0.3, -0.25) is 4.79 Å². The molecule has 0 bridgehead atoms. The first-order valence-electron chi connectivity index (χ1n) is 9.09. The molecule has 0 saturated carbocycles. The highest BCUT2D eigenvalue weighted by atomic mass is 32.2. The lowest BCUT2D eigenvalue weighted by Crippen LogP contribution is -2.44. The van der Waals surface area contributed by atoms with E-state index in [4.69, 9.17) is 9.47 Å². The van der Waals surface area contributed by atoms with E-state index in [1.54, 1.807) is 23.1 Å². The van der Waals surface area contributed by atoms with Crippen LogP contribution < -0.4 is 9.47 Å². The van der Waals surface area contributed by atoms with Gasteiger partial charge in [-0.2, -0.15) is 8.42 Å². The number of carbonyl (C=O) groups is 1. The van der Waals surface area contributed by atoms with Crippen LogP contribution in [0.2, 0.25) is 0 Å². The van der Waals surface area contributed by atoms with Crippen molar-refractivity contribution >= 4 is 21.8 Å². The highest BCUT2D eigenvalue weighted by Gasteiger charge is 2.33. The van der Waals surface area contributed by atoms with E-state index in [1.165, 1.54) is 27.3 Å². The predicted octanol–water partition coefficient (Wildman–Crippen LogP) is 1.83. The van der Waals surface area contributed by atoms with E-state index in [-0.39, 0.29) is 17.3 Å². The molecule has 28 heavy (non-hydrogen) atoms. The summed E-state index contributed by atoms with van der Waals surface area (Å²) in [6.07, 6.45) is 3.33. The monoisotopic (exact) mass is 407 g/mol. The largest absolute Gasteiger partial charge is 0.493 e. The minimum Gasteiger partial charge on any atom is -0.493 e. The fraction of sp³-hybridized carbons (Fsp3) is 0.474. The molecule has 0 spiro atoms. The number of carbonyl (C=O) groups excluding carboxylic acids is 1. The van der Waals surface area contributed by atoms with E-state index >= 15 is 0 Å². The summed E-state index contributed by atoms with van der Waals surface area (Å²) in [5.74, 6) is 1.23. The molecule has 1 fully saturated rings. The second kappa shape index (κ2) is 7.83. The number of hydrogen-bond acceptors (Lipinski definition) is 5. The van der Waals surface area contributed by atoms with Gasteiger partial charge in [-0.05, 0) is 43.0 Å². The van der Waals surface area contributed by atoms with Gasteiger partial charge in [-0.1, -0.05) is 6.92 Å². The fourth-order valence-corrected chi connectivity index (χ4v) is 4.17. The van der Waals surface area contributed by atoms with Crippen molar-refractivity contribution in [2.75, 3.05) is 34.4 Å². The normalized spacial score (nSPS) is 19.7. The maximum absolute atomic E-state index is 13.0. The summed E-state index contributed by atoms with van der Waals surface area (Å²) in [7, 11) is 0.360. The van der Waals surface area contributed by atoms with Crippen LogP contribution in [-0.4, -0.2) is 63.6 Å². The molecule has 0 unspecified atom stereocenters. The van der Waals surface area contributed by atoms with Crippen LogP contribution in [0.5, 0.6) is 11.5 Å². The molecule has 2 aliphatic heterocycles. The van der Waals surface area contributed by atoms with E-state index in [9.17, 15) is 13.2 Å². The van der Waals surface area contributed by atoms with Crippen molar-refractivity contribution in [3.8, 4) is 11.5 Å². The number of rotatable bonds is 4. The molecule has 1 saturated heterocycles. The van der Waals surface area contributed by atoms with E-state index in [2.05, 4.69) is 11.3 Å². The van der Waals surface area contributed by atoms with Crippen molar-refractivity contribution < 1.29 is 22.7 Å². The molecule has 1 aromatic carbocycles. The van der Waals surface area contributed by atoms with E-state index < -0.39 is 10.2 Å². The fourth-order valence-electron chi connectivity index (χ4n) is 3.26. The van der Waals surface area contributed by atoms with Crippen LogP contribution in [0.3, 0.4) is 0 Å². The molecule has 0 N–H and O–H groups in total. The summed E-state index contributed by atoms with van der Waals surface area (Å²) < 4.78 is 40.4. The molecule has 2 heterocycles. The zero-order valence-corrected chi connectivity index (χ0v) is 17.3. The number of nitrogens with zero attached hydrogens (tertiary/aromatic N) is 3. The van der Waals surface area contributed by atoms with Gasteiger partial charge in [0.05, 0.1) is 19.9 Å². The molecular weight excluding hydrogens is 382 g/mol. The Kier molecular flexibility index (Phi) is 5.64. The summed E-state index contributed by atoms with van der Waals surface area (Å²) in [6.45, 7) is 3.39. The van der Waals surface area contributed by atoms with Crippen LogP contribution in [-0.2, 0) is 15.0 Å². The number of likely N-dealkylation sites (N-methyl/N-ethyl adjacent to an activating group) is 1. The number of allylic oxidation sites excluding steroid dienone is 1. The second-order valence-electron chi connectivity index (χ2n) is 7.00. The predicted molar refractivity (Wildman–Crippen MR) is 106 cm³/mol. The molecule has 3 rings (SSSR count). The van der Waals surface area contributed by atoms with E-state index in [0.29, 0.717) is 36.1 Å². The molecule has 0 atom stereocenters. The van der Waals surface area contributed by atoms with Gasteiger partial charge in [0.2, 0.25) is 0 Å². The quantitative estimate of drug-likeness (QED) is 0.760. The van der Waals surface area contributed by atoms with Crippen molar-refractivity contribution in [1.82, 2.24) is 9.21 Å². The Hall–Kier alpha value is -2.55. The molecule has 2 aliphatic rings. The standard InChI is InChI=1S/C19H25N3O5S/c1-13-7-9-22(10-8-13)19(23)16-12-15(20-28(24,25)21(16)2)14-5-6-17(26-3)18(11-14)27-4/h5-6,11-13H,7-10H2,1-4H3. The number of methoxy groups -OCH3 is 2. The van der Waals surface area contributed by atoms with Gasteiger partial charge in [-0.25, -0.2) is 4.31 Å². The average molecular weight is 407 g/mol. The summed E-state index contributed by atoms with van der Waals surface area (Å²) in [5, 5.41) is 0. The molecule has 0 aromatic heterocycles. The topological polar surface area (TPSA) is 88.5 Å². The van der Waals surface area contributed by atoms with Crippen molar-refractivity contribution in [2.45, 2.75) is 19.8 Å². The van der Waals surface area contributed by atoms with Crippen molar-refractivity contribution in [2.24, 2.45) is 10.3 Å². The Balaban J connectivity index is 1.99. The molecular formula is C19H25N3O5S. The zero-order valence-electron chi connectivity index (χ0n) is 16.5.